The van der Waals surface area contributed by atoms with Gasteiger partial charge in [0.15, 0.2) is 11.5 Å². The Hall–Kier alpha value is -1.88. The number of benzene rings is 1. The summed E-state index contributed by atoms with van der Waals surface area (Å²) in [6, 6.07) is 3.65. The van der Waals surface area contributed by atoms with E-state index in [1.54, 1.807) is 32.0 Å². The Morgan fingerprint density at radius 3 is 2.45 bits per heavy atom. The number of hydrogen-bond acceptors (Lipinski definition) is 4. The number of rotatable bonds is 4. The minimum absolute atomic E-state index is 0.555. The van der Waals surface area contributed by atoms with Gasteiger partial charge < -0.3 is 15.2 Å². The number of methoxy groups -OCH3 is 2. The lowest BCUT2D eigenvalue weighted by atomic mass is 10.0. The highest BCUT2D eigenvalue weighted by atomic mass is 35.5. The highest BCUT2D eigenvalue weighted by Gasteiger charge is 2.21. The van der Waals surface area contributed by atoms with Crippen molar-refractivity contribution in [1.82, 2.24) is 9.78 Å². The second-order valence-electron chi connectivity index (χ2n) is 4.39. The third kappa shape index (κ3) is 2.29. The maximum absolute atomic E-state index is 6.49. The largest absolute Gasteiger partial charge is 0.493 e. The van der Waals surface area contributed by atoms with Crippen molar-refractivity contribution in [3.05, 3.63) is 22.7 Å². The fourth-order valence-electron chi connectivity index (χ4n) is 2.11. The van der Waals surface area contributed by atoms with Crippen LogP contribution in [0.2, 0.25) is 5.02 Å². The van der Waals surface area contributed by atoms with E-state index in [-0.39, 0.29) is 0 Å². The zero-order valence-corrected chi connectivity index (χ0v) is 12.8. The van der Waals surface area contributed by atoms with E-state index in [9.17, 15) is 0 Å². The van der Waals surface area contributed by atoms with Gasteiger partial charge in [-0.15, -0.1) is 0 Å². The van der Waals surface area contributed by atoms with Crippen LogP contribution in [0.15, 0.2) is 12.1 Å². The summed E-state index contributed by atoms with van der Waals surface area (Å²) in [6.45, 7) is 2.03. The van der Waals surface area contributed by atoms with E-state index in [1.807, 2.05) is 13.0 Å². The van der Waals surface area contributed by atoms with Gasteiger partial charge in [0, 0.05) is 13.1 Å². The molecule has 2 aromatic rings. The quantitative estimate of drug-likeness (QED) is 0.942. The minimum atomic E-state index is 0.555. The molecule has 0 aliphatic rings. The number of ether oxygens (including phenoxy) is 2. The fourth-order valence-corrected chi connectivity index (χ4v) is 2.49. The lowest BCUT2D eigenvalue weighted by molar-refractivity contribution is 0.355. The normalized spacial score (nSPS) is 10.7. The Kier molecular flexibility index (Phi) is 4.09. The molecular formula is C14H18ClN3O2. The molecule has 20 heavy (non-hydrogen) atoms. The van der Waals surface area contributed by atoms with Crippen LogP contribution in [0.5, 0.6) is 11.5 Å². The van der Waals surface area contributed by atoms with Gasteiger partial charge >= 0.3 is 0 Å². The maximum Gasteiger partial charge on any atom is 0.171 e. The third-order valence-corrected chi connectivity index (χ3v) is 3.67. The van der Waals surface area contributed by atoms with Gasteiger partial charge in [0.25, 0.3) is 0 Å². The predicted molar refractivity (Wildman–Crippen MR) is 80.5 cm³/mol. The topological polar surface area (TPSA) is 62.3 Å². The van der Waals surface area contributed by atoms with E-state index in [2.05, 4.69) is 5.10 Å². The number of nitrogens with two attached hydrogens (primary N) is 1. The van der Waals surface area contributed by atoms with Gasteiger partial charge in [-0.3, -0.25) is 4.68 Å². The number of aryl methyl sites for hydroxylation is 2. The zero-order valence-electron chi connectivity index (χ0n) is 12.0. The van der Waals surface area contributed by atoms with E-state index in [1.165, 1.54) is 0 Å². The van der Waals surface area contributed by atoms with Crippen molar-refractivity contribution in [1.29, 1.82) is 0 Å². The van der Waals surface area contributed by atoms with Crippen LogP contribution in [0.25, 0.3) is 11.3 Å². The lowest BCUT2D eigenvalue weighted by Gasteiger charge is -2.15. The van der Waals surface area contributed by atoms with Crippen LogP contribution in [0, 0.1) is 0 Å². The van der Waals surface area contributed by atoms with Crippen LogP contribution in [0.1, 0.15) is 12.5 Å². The highest BCUT2D eigenvalue weighted by molar-refractivity contribution is 6.34. The Balaban J connectivity index is 2.77. The first-order valence-electron chi connectivity index (χ1n) is 6.26. The molecule has 1 heterocycles. The molecule has 0 aliphatic carbocycles. The Morgan fingerprint density at radius 1 is 1.30 bits per heavy atom. The first kappa shape index (κ1) is 14.5. The molecule has 6 heteroatoms. The van der Waals surface area contributed by atoms with Gasteiger partial charge in [-0.25, -0.2) is 0 Å². The molecule has 1 aromatic carbocycles. The van der Waals surface area contributed by atoms with Crippen LogP contribution in [-0.2, 0) is 13.5 Å². The molecule has 0 saturated heterocycles. The average molecular weight is 296 g/mol. The summed E-state index contributed by atoms with van der Waals surface area (Å²) in [5.74, 6) is 1.75. The second-order valence-corrected chi connectivity index (χ2v) is 4.77. The second kappa shape index (κ2) is 5.63. The molecule has 0 radical (unpaired) electrons. The number of nitrogens with zero attached hydrogens (tertiary/aromatic N) is 2. The third-order valence-electron chi connectivity index (χ3n) is 3.23. The maximum atomic E-state index is 6.49. The predicted octanol–water partition coefficient (Wildman–Crippen LogP) is 2.90. The molecule has 2 N–H and O–H groups in total. The van der Waals surface area contributed by atoms with Crippen LogP contribution in [-0.4, -0.2) is 24.0 Å². The van der Waals surface area contributed by atoms with Crippen LogP contribution < -0.4 is 15.2 Å². The standard InChI is InChI=1S/C14H18ClN3O2/c1-5-8-6-10(19-3)14(20-4)12(13(8)15)9-7-11(16)18(2)17-9/h6-7H,5,16H2,1-4H3. The molecule has 5 nitrogen and oxygen atoms in total. The average Bonchev–Trinajstić information content (AvgIpc) is 2.77. The molecule has 108 valence electrons. The van der Waals surface area contributed by atoms with Crippen molar-refractivity contribution in [2.75, 3.05) is 20.0 Å². The van der Waals surface area contributed by atoms with Gasteiger partial charge in [0.05, 0.1) is 30.5 Å². The Labute approximate surface area is 123 Å². The summed E-state index contributed by atoms with van der Waals surface area (Å²) in [4.78, 5) is 0. The summed E-state index contributed by atoms with van der Waals surface area (Å²) < 4.78 is 12.4. The van der Waals surface area contributed by atoms with Gasteiger partial charge in [-0.2, -0.15) is 5.10 Å². The molecule has 0 atom stereocenters. The van der Waals surface area contributed by atoms with Crippen molar-refractivity contribution in [2.24, 2.45) is 7.05 Å². The highest BCUT2D eigenvalue weighted by Crippen LogP contribution is 2.44. The molecule has 0 fully saturated rings. The van der Waals surface area contributed by atoms with Gasteiger partial charge in [-0.05, 0) is 18.1 Å². The molecular weight excluding hydrogens is 278 g/mol. The number of anilines is 1. The molecule has 0 unspecified atom stereocenters. The fraction of sp³-hybridized carbons (Fsp3) is 0.357. The van der Waals surface area contributed by atoms with E-state index >= 15 is 0 Å². The van der Waals surface area contributed by atoms with Crippen LogP contribution in [0.4, 0.5) is 5.82 Å². The lowest BCUT2D eigenvalue weighted by Crippen LogP contribution is -1.99. The Morgan fingerprint density at radius 2 is 2.00 bits per heavy atom. The number of nitrogen functional groups attached to an aromatic ring is 1. The van der Waals surface area contributed by atoms with Crippen molar-refractivity contribution in [3.8, 4) is 22.8 Å². The van der Waals surface area contributed by atoms with E-state index in [4.69, 9.17) is 26.8 Å². The number of hydrogen-bond donors (Lipinski definition) is 1. The van der Waals surface area contributed by atoms with Crippen molar-refractivity contribution in [3.63, 3.8) is 0 Å². The van der Waals surface area contributed by atoms with E-state index in [0.29, 0.717) is 33.6 Å². The molecule has 0 amide bonds. The van der Waals surface area contributed by atoms with E-state index in [0.717, 1.165) is 12.0 Å². The minimum Gasteiger partial charge on any atom is -0.493 e. The van der Waals surface area contributed by atoms with Gasteiger partial charge in [0.1, 0.15) is 5.82 Å². The van der Waals surface area contributed by atoms with Crippen molar-refractivity contribution in [2.45, 2.75) is 13.3 Å². The number of halogens is 1. The zero-order chi connectivity index (χ0) is 14.9. The molecule has 2 rings (SSSR count). The monoisotopic (exact) mass is 295 g/mol. The smallest absolute Gasteiger partial charge is 0.171 e. The number of aromatic nitrogens is 2. The molecule has 0 spiro atoms. The summed E-state index contributed by atoms with van der Waals surface area (Å²) in [7, 11) is 4.96. The van der Waals surface area contributed by atoms with Crippen LogP contribution in [0.3, 0.4) is 0 Å². The van der Waals surface area contributed by atoms with Crippen molar-refractivity contribution >= 4 is 17.4 Å². The summed E-state index contributed by atoms with van der Waals surface area (Å²) in [6.07, 6.45) is 0.786. The summed E-state index contributed by atoms with van der Waals surface area (Å²) >= 11 is 6.49. The van der Waals surface area contributed by atoms with Gasteiger partial charge in [-0.1, -0.05) is 18.5 Å². The molecule has 0 bridgehead atoms. The SMILES string of the molecule is CCc1cc(OC)c(OC)c(-c2cc(N)n(C)n2)c1Cl. The van der Waals surface area contributed by atoms with Crippen molar-refractivity contribution < 1.29 is 9.47 Å². The summed E-state index contributed by atoms with van der Waals surface area (Å²) in [5.41, 5.74) is 8.19. The Bertz CT molecular complexity index is 618. The molecule has 0 aliphatic heterocycles. The first-order chi connectivity index (χ1) is 9.53. The van der Waals surface area contributed by atoms with Gasteiger partial charge in [0.2, 0.25) is 0 Å². The first-order valence-corrected chi connectivity index (χ1v) is 6.64. The molecule has 1 aromatic heterocycles. The molecule has 0 saturated carbocycles. The van der Waals surface area contributed by atoms with Crippen LogP contribution >= 0.6 is 11.6 Å². The van der Waals surface area contributed by atoms with E-state index < -0.39 is 0 Å². The summed E-state index contributed by atoms with van der Waals surface area (Å²) in [5, 5.41) is 4.99.